The first-order chi connectivity index (χ1) is 9.13. The van der Waals surface area contributed by atoms with Gasteiger partial charge in [0.15, 0.2) is 0 Å². The van der Waals surface area contributed by atoms with Gasteiger partial charge in [-0.15, -0.1) is 0 Å². The van der Waals surface area contributed by atoms with E-state index in [9.17, 15) is 10.1 Å². The fourth-order valence-corrected chi connectivity index (χ4v) is 2.32. The lowest BCUT2D eigenvalue weighted by Gasteiger charge is -2.20. The lowest BCUT2D eigenvalue weighted by molar-refractivity contribution is -0.385. The summed E-state index contributed by atoms with van der Waals surface area (Å²) in [6, 6.07) is 15.0. The highest BCUT2D eigenvalue weighted by Gasteiger charge is 2.14. The van der Waals surface area contributed by atoms with Gasteiger partial charge in [-0.2, -0.15) is 0 Å². The van der Waals surface area contributed by atoms with Crippen molar-refractivity contribution in [2.75, 3.05) is 11.9 Å². The maximum absolute atomic E-state index is 10.9. The van der Waals surface area contributed by atoms with Crippen molar-refractivity contribution in [3.63, 3.8) is 0 Å². The molecule has 0 bridgehead atoms. The molecule has 19 heavy (non-hydrogen) atoms. The van der Waals surface area contributed by atoms with E-state index >= 15 is 0 Å². The number of nitro benzene ring substituents is 1. The Labute approximate surface area is 119 Å². The standard InChI is InChI=1S/C14H13BrN2O2/c1-16(12-5-3-2-4-6-12)13-7-8-14(17(18)19)11(9-13)10-15/h2-9H,10H2,1H3. The molecule has 2 aromatic rings. The van der Waals surface area contributed by atoms with E-state index in [4.69, 9.17) is 0 Å². The number of para-hydroxylation sites is 1. The molecule has 0 aromatic heterocycles. The molecule has 0 atom stereocenters. The largest absolute Gasteiger partial charge is 0.345 e. The second kappa shape index (κ2) is 5.84. The number of halogens is 1. The van der Waals surface area contributed by atoms with Crippen LogP contribution in [0.15, 0.2) is 48.5 Å². The number of hydrogen-bond donors (Lipinski definition) is 0. The van der Waals surface area contributed by atoms with E-state index in [-0.39, 0.29) is 10.6 Å². The minimum Gasteiger partial charge on any atom is -0.345 e. The Balaban J connectivity index is 2.39. The van der Waals surface area contributed by atoms with Crippen molar-refractivity contribution in [3.05, 3.63) is 64.2 Å². The van der Waals surface area contributed by atoms with Gasteiger partial charge in [0.05, 0.1) is 4.92 Å². The zero-order chi connectivity index (χ0) is 13.8. The molecule has 0 saturated heterocycles. The van der Waals surface area contributed by atoms with E-state index in [2.05, 4.69) is 15.9 Å². The van der Waals surface area contributed by atoms with Crippen molar-refractivity contribution < 1.29 is 4.92 Å². The van der Waals surface area contributed by atoms with Crippen LogP contribution in [-0.4, -0.2) is 12.0 Å². The first-order valence-electron chi connectivity index (χ1n) is 5.75. The van der Waals surface area contributed by atoms with Gasteiger partial charge in [-0.3, -0.25) is 10.1 Å². The Morgan fingerprint density at radius 1 is 1.16 bits per heavy atom. The summed E-state index contributed by atoms with van der Waals surface area (Å²) in [5, 5.41) is 11.4. The number of anilines is 2. The molecule has 0 saturated carbocycles. The SMILES string of the molecule is CN(c1ccccc1)c1ccc([N+](=O)[O-])c(CBr)c1. The molecule has 0 N–H and O–H groups in total. The monoisotopic (exact) mass is 320 g/mol. The second-order valence-electron chi connectivity index (χ2n) is 4.10. The summed E-state index contributed by atoms with van der Waals surface area (Å²) in [6.45, 7) is 0. The molecule has 0 aliphatic rings. The van der Waals surface area contributed by atoms with Crippen LogP contribution in [-0.2, 0) is 5.33 Å². The summed E-state index contributed by atoms with van der Waals surface area (Å²) >= 11 is 3.29. The Hall–Kier alpha value is -1.88. The van der Waals surface area contributed by atoms with E-state index in [0.29, 0.717) is 10.9 Å². The molecule has 2 rings (SSSR count). The molecular weight excluding hydrogens is 308 g/mol. The van der Waals surface area contributed by atoms with Crippen molar-refractivity contribution in [2.45, 2.75) is 5.33 Å². The average Bonchev–Trinajstić information content (AvgIpc) is 2.46. The third-order valence-corrected chi connectivity index (χ3v) is 3.54. The van der Waals surface area contributed by atoms with Crippen LogP contribution in [0.1, 0.15) is 5.56 Å². The van der Waals surface area contributed by atoms with Crippen LogP contribution in [0.2, 0.25) is 0 Å². The van der Waals surface area contributed by atoms with Crippen molar-refractivity contribution in [3.8, 4) is 0 Å². The van der Waals surface area contributed by atoms with Crippen molar-refractivity contribution in [1.82, 2.24) is 0 Å². The van der Waals surface area contributed by atoms with Crippen molar-refractivity contribution in [1.29, 1.82) is 0 Å². The van der Waals surface area contributed by atoms with Gasteiger partial charge in [0, 0.05) is 35.4 Å². The van der Waals surface area contributed by atoms with Crippen LogP contribution in [0.5, 0.6) is 0 Å². The van der Waals surface area contributed by atoms with Gasteiger partial charge < -0.3 is 4.90 Å². The summed E-state index contributed by atoms with van der Waals surface area (Å²) in [6.07, 6.45) is 0. The highest BCUT2D eigenvalue weighted by molar-refractivity contribution is 9.08. The molecule has 4 nitrogen and oxygen atoms in total. The molecular formula is C14H13BrN2O2. The lowest BCUT2D eigenvalue weighted by atomic mass is 10.1. The zero-order valence-electron chi connectivity index (χ0n) is 10.4. The van der Waals surface area contributed by atoms with Crippen LogP contribution in [0.3, 0.4) is 0 Å². The molecule has 0 radical (unpaired) electrons. The maximum atomic E-state index is 10.9. The highest BCUT2D eigenvalue weighted by Crippen LogP contribution is 2.29. The van der Waals surface area contributed by atoms with E-state index in [1.165, 1.54) is 0 Å². The van der Waals surface area contributed by atoms with Crippen LogP contribution >= 0.6 is 15.9 Å². The van der Waals surface area contributed by atoms with Crippen LogP contribution in [0, 0.1) is 10.1 Å². The topological polar surface area (TPSA) is 46.4 Å². The Bertz CT molecular complexity index is 587. The number of benzene rings is 2. The number of nitro groups is 1. The highest BCUT2D eigenvalue weighted by atomic mass is 79.9. The Kier molecular flexibility index (Phi) is 4.16. The predicted octanol–water partition coefficient (Wildman–Crippen LogP) is 4.26. The minimum absolute atomic E-state index is 0.141. The van der Waals surface area contributed by atoms with E-state index in [0.717, 1.165) is 11.4 Å². The molecule has 0 spiro atoms. The predicted molar refractivity (Wildman–Crippen MR) is 80.2 cm³/mol. The first-order valence-corrected chi connectivity index (χ1v) is 6.87. The summed E-state index contributed by atoms with van der Waals surface area (Å²) < 4.78 is 0. The zero-order valence-corrected chi connectivity index (χ0v) is 12.0. The quantitative estimate of drug-likeness (QED) is 0.480. The van der Waals surface area contributed by atoms with Crippen molar-refractivity contribution >= 4 is 33.0 Å². The van der Waals surface area contributed by atoms with Gasteiger partial charge in [-0.25, -0.2) is 0 Å². The summed E-state index contributed by atoms with van der Waals surface area (Å²) in [7, 11) is 1.94. The smallest absolute Gasteiger partial charge is 0.273 e. The summed E-state index contributed by atoms with van der Waals surface area (Å²) in [5.74, 6) is 0. The van der Waals surface area contributed by atoms with Gasteiger partial charge in [0.1, 0.15) is 0 Å². The van der Waals surface area contributed by atoms with E-state index < -0.39 is 0 Å². The third kappa shape index (κ3) is 2.93. The van der Waals surface area contributed by atoms with Crippen molar-refractivity contribution in [2.24, 2.45) is 0 Å². The Morgan fingerprint density at radius 3 is 2.42 bits per heavy atom. The minimum atomic E-state index is -0.358. The summed E-state index contributed by atoms with van der Waals surface area (Å²) in [5.41, 5.74) is 2.77. The average molecular weight is 321 g/mol. The number of hydrogen-bond acceptors (Lipinski definition) is 3. The fourth-order valence-electron chi connectivity index (χ4n) is 1.87. The maximum Gasteiger partial charge on any atom is 0.273 e. The van der Waals surface area contributed by atoms with E-state index in [1.54, 1.807) is 12.1 Å². The molecule has 0 aliphatic heterocycles. The van der Waals surface area contributed by atoms with Crippen LogP contribution in [0.4, 0.5) is 17.1 Å². The second-order valence-corrected chi connectivity index (χ2v) is 4.66. The molecule has 0 aliphatic carbocycles. The summed E-state index contributed by atoms with van der Waals surface area (Å²) in [4.78, 5) is 12.5. The molecule has 98 valence electrons. The van der Waals surface area contributed by atoms with Gasteiger partial charge in [-0.1, -0.05) is 34.1 Å². The normalized spacial score (nSPS) is 10.2. The molecule has 0 amide bonds. The lowest BCUT2D eigenvalue weighted by Crippen LogP contribution is -2.09. The number of alkyl halides is 1. The molecule has 0 unspecified atom stereocenters. The van der Waals surface area contributed by atoms with Crippen LogP contribution in [0.25, 0.3) is 0 Å². The number of nitrogens with zero attached hydrogens (tertiary/aromatic N) is 2. The van der Waals surface area contributed by atoms with Gasteiger partial charge in [0.2, 0.25) is 0 Å². The van der Waals surface area contributed by atoms with Gasteiger partial charge >= 0.3 is 0 Å². The molecule has 5 heteroatoms. The van der Waals surface area contributed by atoms with Gasteiger partial charge in [0.25, 0.3) is 5.69 Å². The third-order valence-electron chi connectivity index (χ3n) is 2.93. The molecule has 2 aromatic carbocycles. The number of rotatable bonds is 4. The van der Waals surface area contributed by atoms with Gasteiger partial charge in [-0.05, 0) is 24.3 Å². The van der Waals surface area contributed by atoms with E-state index in [1.807, 2.05) is 48.3 Å². The Morgan fingerprint density at radius 2 is 1.84 bits per heavy atom. The molecule has 0 heterocycles. The van der Waals surface area contributed by atoms with Crippen LogP contribution < -0.4 is 4.90 Å². The molecule has 0 fully saturated rings. The first kappa shape index (κ1) is 13.5. The fraction of sp³-hybridized carbons (Fsp3) is 0.143.